The molecule has 14 heavy (non-hydrogen) atoms. The second-order valence-electron chi connectivity index (χ2n) is 4.29. The fourth-order valence-electron chi connectivity index (χ4n) is 2.01. The van der Waals surface area contributed by atoms with Crippen molar-refractivity contribution in [3.63, 3.8) is 0 Å². The number of ketones is 1. The third-order valence-electron chi connectivity index (χ3n) is 3.36. The Morgan fingerprint density at radius 1 is 1.36 bits per heavy atom. The Morgan fingerprint density at radius 3 is 2.36 bits per heavy atom. The van der Waals surface area contributed by atoms with Gasteiger partial charge >= 0.3 is 5.97 Å². The van der Waals surface area contributed by atoms with Crippen LogP contribution < -0.4 is 0 Å². The van der Waals surface area contributed by atoms with Crippen LogP contribution in [0.3, 0.4) is 0 Å². The van der Waals surface area contributed by atoms with Crippen LogP contribution in [-0.4, -0.2) is 18.4 Å². The number of carbonyl (C=O) groups is 2. The largest absolute Gasteiger partial charge is 0.465 e. The standard InChI is InChI=1S/C11H16O3/c1-2-14-10(13)11(6-7-11)9(12)8-4-3-5-8/h8H,2-7H2,1H3. The number of hydrogen-bond donors (Lipinski definition) is 0. The summed E-state index contributed by atoms with van der Waals surface area (Å²) in [5.41, 5.74) is -0.707. The molecule has 0 aromatic rings. The lowest BCUT2D eigenvalue weighted by molar-refractivity contribution is -0.155. The number of carbonyl (C=O) groups excluding carboxylic acids is 2. The van der Waals surface area contributed by atoms with Crippen molar-refractivity contribution in [3.8, 4) is 0 Å². The molecule has 2 fully saturated rings. The van der Waals surface area contributed by atoms with E-state index in [1.165, 1.54) is 0 Å². The van der Waals surface area contributed by atoms with Crippen LogP contribution in [0.2, 0.25) is 0 Å². The lowest BCUT2D eigenvalue weighted by atomic mass is 9.76. The molecule has 0 spiro atoms. The number of hydrogen-bond acceptors (Lipinski definition) is 3. The predicted octanol–water partition coefficient (Wildman–Crippen LogP) is 1.70. The molecular formula is C11H16O3. The van der Waals surface area contributed by atoms with E-state index < -0.39 is 5.41 Å². The third-order valence-corrected chi connectivity index (χ3v) is 3.36. The monoisotopic (exact) mass is 196 g/mol. The van der Waals surface area contributed by atoms with Crippen molar-refractivity contribution in [1.82, 2.24) is 0 Å². The minimum absolute atomic E-state index is 0.155. The molecule has 2 saturated carbocycles. The van der Waals surface area contributed by atoms with Gasteiger partial charge in [-0.1, -0.05) is 6.42 Å². The zero-order valence-corrected chi connectivity index (χ0v) is 8.54. The van der Waals surface area contributed by atoms with Gasteiger partial charge in [0.15, 0.2) is 5.78 Å². The summed E-state index contributed by atoms with van der Waals surface area (Å²) in [5, 5.41) is 0. The quantitative estimate of drug-likeness (QED) is 0.507. The average Bonchev–Trinajstić information content (AvgIpc) is 2.81. The summed E-state index contributed by atoms with van der Waals surface area (Å²) in [5.74, 6) is 0.0287. The summed E-state index contributed by atoms with van der Waals surface area (Å²) in [7, 11) is 0. The Hall–Kier alpha value is -0.860. The molecule has 2 aliphatic rings. The van der Waals surface area contributed by atoms with E-state index >= 15 is 0 Å². The molecule has 0 bridgehead atoms. The van der Waals surface area contributed by atoms with Crippen molar-refractivity contribution >= 4 is 11.8 Å². The van der Waals surface area contributed by atoms with Gasteiger partial charge < -0.3 is 4.74 Å². The highest BCUT2D eigenvalue weighted by Crippen LogP contribution is 2.51. The normalized spacial score (nSPS) is 23.8. The fraction of sp³-hybridized carbons (Fsp3) is 0.818. The van der Waals surface area contributed by atoms with Crippen LogP contribution in [0.5, 0.6) is 0 Å². The molecule has 3 heteroatoms. The summed E-state index contributed by atoms with van der Waals surface area (Å²) in [6.45, 7) is 2.15. The highest BCUT2D eigenvalue weighted by molar-refractivity contribution is 6.07. The zero-order chi connectivity index (χ0) is 10.2. The maximum absolute atomic E-state index is 11.9. The molecule has 0 unspecified atom stereocenters. The molecule has 0 radical (unpaired) electrons. The smallest absolute Gasteiger partial charge is 0.319 e. The molecule has 0 aliphatic heterocycles. The average molecular weight is 196 g/mol. The van der Waals surface area contributed by atoms with Gasteiger partial charge in [-0.2, -0.15) is 0 Å². The SMILES string of the molecule is CCOC(=O)C1(C(=O)C2CCC2)CC1. The number of rotatable bonds is 4. The minimum atomic E-state index is -0.707. The third kappa shape index (κ3) is 1.35. The highest BCUT2D eigenvalue weighted by Gasteiger charge is 2.59. The molecule has 2 rings (SSSR count). The molecule has 78 valence electrons. The maximum atomic E-state index is 11.9. The van der Waals surface area contributed by atoms with E-state index in [1.54, 1.807) is 6.92 Å². The van der Waals surface area contributed by atoms with Crippen molar-refractivity contribution < 1.29 is 14.3 Å². The lowest BCUT2D eigenvalue weighted by Crippen LogP contribution is -2.35. The van der Waals surface area contributed by atoms with Gasteiger partial charge in [0.2, 0.25) is 0 Å². The van der Waals surface area contributed by atoms with Crippen molar-refractivity contribution in [1.29, 1.82) is 0 Å². The summed E-state index contributed by atoms with van der Waals surface area (Å²) < 4.78 is 4.95. The lowest BCUT2D eigenvalue weighted by Gasteiger charge is -2.27. The zero-order valence-electron chi connectivity index (χ0n) is 8.54. The van der Waals surface area contributed by atoms with Crippen LogP contribution in [0, 0.1) is 11.3 Å². The molecule has 0 aromatic heterocycles. The Balaban J connectivity index is 2.00. The Kier molecular flexibility index (Phi) is 2.33. The van der Waals surface area contributed by atoms with Crippen molar-refractivity contribution in [2.24, 2.45) is 11.3 Å². The van der Waals surface area contributed by atoms with Crippen LogP contribution in [0.1, 0.15) is 39.0 Å². The first-order chi connectivity index (χ1) is 6.70. The second kappa shape index (κ2) is 3.37. The van der Waals surface area contributed by atoms with Gasteiger partial charge in [-0.05, 0) is 32.6 Å². The van der Waals surface area contributed by atoms with Crippen molar-refractivity contribution in [2.75, 3.05) is 6.61 Å². The van der Waals surface area contributed by atoms with E-state index in [0.717, 1.165) is 19.3 Å². The van der Waals surface area contributed by atoms with E-state index in [2.05, 4.69) is 0 Å². The van der Waals surface area contributed by atoms with Gasteiger partial charge in [0, 0.05) is 5.92 Å². The first kappa shape index (κ1) is 9.69. The van der Waals surface area contributed by atoms with E-state index in [4.69, 9.17) is 4.74 Å². The first-order valence-electron chi connectivity index (χ1n) is 5.42. The predicted molar refractivity (Wildman–Crippen MR) is 50.6 cm³/mol. The fourth-order valence-corrected chi connectivity index (χ4v) is 2.01. The van der Waals surface area contributed by atoms with Gasteiger partial charge in [-0.25, -0.2) is 0 Å². The second-order valence-corrected chi connectivity index (χ2v) is 4.29. The summed E-state index contributed by atoms with van der Waals surface area (Å²) in [4.78, 5) is 23.5. The van der Waals surface area contributed by atoms with Crippen LogP contribution in [-0.2, 0) is 14.3 Å². The topological polar surface area (TPSA) is 43.4 Å². The van der Waals surface area contributed by atoms with Crippen molar-refractivity contribution in [3.05, 3.63) is 0 Å². The Morgan fingerprint density at radius 2 is 2.00 bits per heavy atom. The summed E-state index contributed by atoms with van der Waals surface area (Å²) >= 11 is 0. The molecule has 0 aromatic carbocycles. The van der Waals surface area contributed by atoms with Crippen molar-refractivity contribution in [2.45, 2.75) is 39.0 Å². The number of ether oxygens (including phenoxy) is 1. The number of esters is 1. The molecule has 0 amide bonds. The van der Waals surface area contributed by atoms with Gasteiger partial charge in [0.05, 0.1) is 6.61 Å². The molecule has 0 saturated heterocycles. The molecule has 2 aliphatic carbocycles. The molecule has 0 N–H and O–H groups in total. The van der Waals surface area contributed by atoms with Crippen LogP contribution >= 0.6 is 0 Å². The Labute approximate surface area is 83.8 Å². The van der Waals surface area contributed by atoms with Crippen LogP contribution in [0.4, 0.5) is 0 Å². The van der Waals surface area contributed by atoms with E-state index in [1.807, 2.05) is 0 Å². The van der Waals surface area contributed by atoms with Gasteiger partial charge in [-0.15, -0.1) is 0 Å². The maximum Gasteiger partial charge on any atom is 0.319 e. The summed E-state index contributed by atoms with van der Waals surface area (Å²) in [6.07, 6.45) is 4.50. The minimum Gasteiger partial charge on any atom is -0.465 e. The number of Topliss-reactive ketones (excluding diaryl/α,β-unsaturated/α-hetero) is 1. The van der Waals surface area contributed by atoms with Gasteiger partial charge in [-0.3, -0.25) is 9.59 Å². The highest BCUT2D eigenvalue weighted by atomic mass is 16.5. The van der Waals surface area contributed by atoms with Gasteiger partial charge in [0.25, 0.3) is 0 Å². The van der Waals surface area contributed by atoms with Crippen LogP contribution in [0.25, 0.3) is 0 Å². The van der Waals surface area contributed by atoms with Gasteiger partial charge in [0.1, 0.15) is 5.41 Å². The Bertz CT molecular complexity index is 262. The molecule has 0 heterocycles. The summed E-state index contributed by atoms with van der Waals surface area (Å²) in [6, 6.07) is 0. The van der Waals surface area contributed by atoms with E-state index in [9.17, 15) is 9.59 Å². The molecular weight excluding hydrogens is 180 g/mol. The molecule has 0 atom stereocenters. The van der Waals surface area contributed by atoms with Crippen LogP contribution in [0.15, 0.2) is 0 Å². The van der Waals surface area contributed by atoms with E-state index in [0.29, 0.717) is 19.4 Å². The first-order valence-corrected chi connectivity index (χ1v) is 5.42. The molecule has 3 nitrogen and oxygen atoms in total. The van der Waals surface area contributed by atoms with E-state index in [-0.39, 0.29) is 17.7 Å².